The Balaban J connectivity index is 1.69. The van der Waals surface area contributed by atoms with E-state index in [1.165, 1.54) is 28.8 Å². The molecule has 1 aliphatic carbocycles. The van der Waals surface area contributed by atoms with Crippen LogP contribution in [0.2, 0.25) is 0 Å². The predicted molar refractivity (Wildman–Crippen MR) is 68.7 cm³/mol. The minimum atomic E-state index is 0.554. The molecule has 2 aromatic rings. The number of fused-ring (bicyclic) bond motifs is 1. The van der Waals surface area contributed by atoms with Crippen LogP contribution in [-0.2, 0) is 13.0 Å². The van der Waals surface area contributed by atoms with Gasteiger partial charge in [0.2, 0.25) is 0 Å². The normalized spacial score (nSPS) is 18.6. The fourth-order valence-corrected chi connectivity index (χ4v) is 3.06. The van der Waals surface area contributed by atoms with E-state index in [1.807, 2.05) is 11.3 Å². The number of aryl methyl sites for hydroxylation is 1. The summed E-state index contributed by atoms with van der Waals surface area (Å²) in [6.07, 6.45) is 2.46. The Labute approximate surface area is 100 Å². The van der Waals surface area contributed by atoms with Gasteiger partial charge in [-0.2, -0.15) is 0 Å². The molecule has 1 N–H and O–H groups in total. The van der Waals surface area contributed by atoms with Crippen LogP contribution in [0.1, 0.15) is 28.5 Å². The molecule has 0 radical (unpaired) electrons. The van der Waals surface area contributed by atoms with Gasteiger partial charge in [0.05, 0.1) is 0 Å². The molecule has 1 aromatic heterocycles. The van der Waals surface area contributed by atoms with Crippen molar-refractivity contribution < 1.29 is 0 Å². The summed E-state index contributed by atoms with van der Waals surface area (Å²) in [5.74, 6) is 0. The van der Waals surface area contributed by atoms with Crippen LogP contribution in [0, 0.1) is 0 Å². The van der Waals surface area contributed by atoms with E-state index < -0.39 is 0 Å². The molecule has 0 bridgehead atoms. The van der Waals surface area contributed by atoms with Gasteiger partial charge in [-0.25, -0.2) is 0 Å². The highest BCUT2D eigenvalue weighted by atomic mass is 32.1. The van der Waals surface area contributed by atoms with Crippen molar-refractivity contribution in [3.63, 3.8) is 0 Å². The van der Waals surface area contributed by atoms with Gasteiger partial charge in [-0.3, -0.25) is 0 Å². The first kappa shape index (κ1) is 10.1. The number of hydrogen-bond acceptors (Lipinski definition) is 2. The van der Waals surface area contributed by atoms with Gasteiger partial charge in [-0.1, -0.05) is 30.3 Å². The van der Waals surface area contributed by atoms with Gasteiger partial charge < -0.3 is 5.32 Å². The molecular weight excluding hydrogens is 214 g/mol. The summed E-state index contributed by atoms with van der Waals surface area (Å²) in [5, 5.41) is 5.79. The van der Waals surface area contributed by atoms with E-state index in [0.29, 0.717) is 6.04 Å². The van der Waals surface area contributed by atoms with Crippen LogP contribution in [0.3, 0.4) is 0 Å². The first-order valence-electron chi connectivity index (χ1n) is 5.77. The van der Waals surface area contributed by atoms with Crippen LogP contribution in [0.15, 0.2) is 41.8 Å². The van der Waals surface area contributed by atoms with E-state index in [0.717, 1.165) is 6.54 Å². The number of hydrogen-bond donors (Lipinski definition) is 1. The van der Waals surface area contributed by atoms with E-state index in [-0.39, 0.29) is 0 Å². The lowest BCUT2D eigenvalue weighted by atomic mass is 10.1. The van der Waals surface area contributed by atoms with Gasteiger partial charge in [0.1, 0.15) is 0 Å². The third-order valence-corrected chi connectivity index (χ3v) is 4.11. The molecule has 2 heteroatoms. The fraction of sp³-hybridized carbons (Fsp3) is 0.286. The maximum Gasteiger partial charge on any atom is 0.0329 e. The van der Waals surface area contributed by atoms with Gasteiger partial charge in [0.25, 0.3) is 0 Å². The Morgan fingerprint density at radius 2 is 2.12 bits per heavy atom. The Morgan fingerprint density at radius 1 is 1.19 bits per heavy atom. The Bertz CT molecular complexity index is 461. The second-order valence-corrected chi connectivity index (χ2v) is 5.28. The predicted octanol–water partition coefficient (Wildman–Crippen LogP) is 3.53. The number of nitrogens with one attached hydrogen (secondary N) is 1. The molecule has 82 valence electrons. The molecule has 1 unspecified atom stereocenters. The van der Waals surface area contributed by atoms with E-state index in [9.17, 15) is 0 Å². The van der Waals surface area contributed by atoms with Crippen molar-refractivity contribution in [3.05, 3.63) is 57.8 Å². The minimum absolute atomic E-state index is 0.554. The zero-order chi connectivity index (χ0) is 10.8. The second kappa shape index (κ2) is 4.40. The molecule has 0 amide bonds. The standard InChI is InChI=1S/C14H15NS/c1-2-6-13-11(4-1)7-8-14(13)15-10-12-5-3-9-16-12/h1-6,9,14-15H,7-8,10H2. The average molecular weight is 229 g/mol. The third-order valence-electron chi connectivity index (χ3n) is 3.24. The van der Waals surface area contributed by atoms with E-state index >= 15 is 0 Å². The van der Waals surface area contributed by atoms with Gasteiger partial charge in [-0.05, 0) is 35.4 Å². The van der Waals surface area contributed by atoms with Crippen LogP contribution in [0.25, 0.3) is 0 Å². The van der Waals surface area contributed by atoms with Crippen molar-refractivity contribution in [1.29, 1.82) is 0 Å². The monoisotopic (exact) mass is 229 g/mol. The highest BCUT2D eigenvalue weighted by Gasteiger charge is 2.20. The average Bonchev–Trinajstić information content (AvgIpc) is 2.96. The van der Waals surface area contributed by atoms with Crippen molar-refractivity contribution in [3.8, 4) is 0 Å². The van der Waals surface area contributed by atoms with Crippen LogP contribution in [0.5, 0.6) is 0 Å². The summed E-state index contributed by atoms with van der Waals surface area (Å²) in [4.78, 5) is 1.42. The molecule has 0 saturated carbocycles. The first-order chi connectivity index (χ1) is 7.93. The maximum absolute atomic E-state index is 3.65. The van der Waals surface area contributed by atoms with Crippen LogP contribution < -0.4 is 5.32 Å². The SMILES string of the molecule is c1csc(CNC2CCc3ccccc32)c1. The van der Waals surface area contributed by atoms with Gasteiger partial charge in [-0.15, -0.1) is 11.3 Å². The number of thiophene rings is 1. The highest BCUT2D eigenvalue weighted by molar-refractivity contribution is 7.09. The lowest BCUT2D eigenvalue weighted by Crippen LogP contribution is -2.17. The second-order valence-electron chi connectivity index (χ2n) is 4.25. The molecular formula is C14H15NS. The molecule has 1 aromatic carbocycles. The van der Waals surface area contributed by atoms with Gasteiger partial charge in [0.15, 0.2) is 0 Å². The topological polar surface area (TPSA) is 12.0 Å². The number of rotatable bonds is 3. The molecule has 0 spiro atoms. The van der Waals surface area contributed by atoms with Crippen LogP contribution in [0.4, 0.5) is 0 Å². The van der Waals surface area contributed by atoms with Crippen molar-refractivity contribution in [2.75, 3.05) is 0 Å². The van der Waals surface area contributed by atoms with Crippen molar-refractivity contribution in [2.45, 2.75) is 25.4 Å². The largest absolute Gasteiger partial charge is 0.305 e. The smallest absolute Gasteiger partial charge is 0.0329 e. The summed E-state index contributed by atoms with van der Waals surface area (Å²) in [6.45, 7) is 0.997. The summed E-state index contributed by atoms with van der Waals surface area (Å²) >= 11 is 1.83. The Morgan fingerprint density at radius 3 is 3.00 bits per heavy atom. The summed E-state index contributed by atoms with van der Waals surface area (Å²) in [7, 11) is 0. The van der Waals surface area contributed by atoms with Crippen LogP contribution in [-0.4, -0.2) is 0 Å². The van der Waals surface area contributed by atoms with Gasteiger partial charge in [0, 0.05) is 17.5 Å². The highest BCUT2D eigenvalue weighted by Crippen LogP contribution is 2.30. The zero-order valence-corrected chi connectivity index (χ0v) is 9.96. The Hall–Kier alpha value is -1.12. The quantitative estimate of drug-likeness (QED) is 0.849. The van der Waals surface area contributed by atoms with Crippen molar-refractivity contribution in [1.82, 2.24) is 5.32 Å². The molecule has 3 rings (SSSR count). The lowest BCUT2D eigenvalue weighted by Gasteiger charge is -2.12. The molecule has 1 heterocycles. The van der Waals surface area contributed by atoms with E-state index in [2.05, 4.69) is 47.1 Å². The van der Waals surface area contributed by atoms with Crippen molar-refractivity contribution >= 4 is 11.3 Å². The maximum atomic E-state index is 3.65. The van der Waals surface area contributed by atoms with Gasteiger partial charge >= 0.3 is 0 Å². The van der Waals surface area contributed by atoms with Crippen LogP contribution >= 0.6 is 11.3 Å². The Kier molecular flexibility index (Phi) is 2.77. The summed E-state index contributed by atoms with van der Waals surface area (Å²) in [6, 6.07) is 13.7. The molecule has 0 saturated heterocycles. The lowest BCUT2D eigenvalue weighted by molar-refractivity contribution is 0.533. The molecule has 0 aliphatic heterocycles. The first-order valence-corrected chi connectivity index (χ1v) is 6.65. The minimum Gasteiger partial charge on any atom is -0.305 e. The third kappa shape index (κ3) is 1.91. The molecule has 1 aliphatic rings. The summed E-state index contributed by atoms with van der Waals surface area (Å²) < 4.78 is 0. The summed E-state index contributed by atoms with van der Waals surface area (Å²) in [5.41, 5.74) is 3.02. The van der Waals surface area contributed by atoms with E-state index in [1.54, 1.807) is 0 Å². The molecule has 16 heavy (non-hydrogen) atoms. The number of benzene rings is 1. The van der Waals surface area contributed by atoms with Crippen molar-refractivity contribution in [2.24, 2.45) is 0 Å². The molecule has 0 fully saturated rings. The zero-order valence-electron chi connectivity index (χ0n) is 9.15. The van der Waals surface area contributed by atoms with E-state index in [4.69, 9.17) is 0 Å². The molecule has 1 nitrogen and oxygen atoms in total. The fourth-order valence-electron chi connectivity index (χ4n) is 2.41. The molecule has 1 atom stereocenters.